The highest BCUT2D eigenvalue weighted by Gasteiger charge is 2.36. The van der Waals surface area contributed by atoms with E-state index in [1.807, 2.05) is 12.2 Å². The topological polar surface area (TPSA) is 524 Å². The predicted molar refractivity (Wildman–Crippen MR) is 365 cm³/mol. The van der Waals surface area contributed by atoms with Crippen LogP contribution in [-0.2, 0) is 60.8 Å². The number of anilines is 1. The van der Waals surface area contributed by atoms with Gasteiger partial charge in [0.25, 0.3) is 29.5 Å². The molecule has 550 valence electrons. The number of imide groups is 5. The van der Waals surface area contributed by atoms with Gasteiger partial charge >= 0.3 is 48.1 Å². The van der Waals surface area contributed by atoms with E-state index in [2.05, 4.69) is 57.9 Å². The van der Waals surface area contributed by atoms with Crippen LogP contribution in [0.5, 0.6) is 0 Å². The average molecular weight is 1510 g/mol. The number of rotatable bonds is 19. The van der Waals surface area contributed by atoms with Gasteiger partial charge in [0.2, 0.25) is 0 Å². The first-order chi connectivity index (χ1) is 45.3. The number of hydrogen-bond donors (Lipinski definition) is 17. The van der Waals surface area contributed by atoms with Gasteiger partial charge in [0.05, 0.1) is 16.7 Å². The van der Waals surface area contributed by atoms with Gasteiger partial charge < -0.3 is 67.8 Å². The molecule has 0 unspecified atom stereocenters. The second kappa shape index (κ2) is 43.6. The molecule has 3 aromatic carbocycles. The number of benzene rings is 3. The van der Waals surface area contributed by atoms with Crippen LogP contribution >= 0.6 is 59.0 Å². The Labute approximate surface area is 593 Å². The van der Waals surface area contributed by atoms with Crippen LogP contribution in [0.2, 0.25) is 15.1 Å². The van der Waals surface area contributed by atoms with E-state index < -0.39 is 108 Å². The number of aldehydes is 1. The zero-order chi connectivity index (χ0) is 71.7. The van der Waals surface area contributed by atoms with Crippen LogP contribution in [0.25, 0.3) is 21.8 Å². The van der Waals surface area contributed by atoms with E-state index in [4.69, 9.17) is 61.7 Å². The third kappa shape index (κ3) is 27.5. The Morgan fingerprint density at radius 1 is 0.600 bits per heavy atom. The quantitative estimate of drug-likeness (QED) is 0.0207. The summed E-state index contributed by atoms with van der Waals surface area (Å²) in [5, 5.41) is 46.7. The number of carbonyl (C=O) groups is 15. The first-order valence-electron chi connectivity index (χ1n) is 28.1. The molecule has 6 atom stereocenters. The number of carboxylic acids is 3. The van der Waals surface area contributed by atoms with E-state index in [0.29, 0.717) is 55.2 Å². The molecule has 2 aromatic heterocycles. The van der Waals surface area contributed by atoms with E-state index in [1.165, 1.54) is 43.1 Å². The van der Waals surface area contributed by atoms with Gasteiger partial charge in [-0.2, -0.15) is 0 Å². The van der Waals surface area contributed by atoms with Crippen LogP contribution in [-0.4, -0.2) is 168 Å². The van der Waals surface area contributed by atoms with Crippen molar-refractivity contribution in [3.05, 3.63) is 98.5 Å². The minimum atomic E-state index is -1.17. The number of aromatic nitrogens is 2. The third-order valence-corrected chi connectivity index (χ3v) is 15.4. The Bertz CT molecular complexity index is 3800. The fourth-order valence-corrected chi connectivity index (χ4v) is 9.76. The number of carbonyl (C=O) groups excluding carboxylic acids is 12. The highest BCUT2D eigenvalue weighted by Crippen LogP contribution is 2.31. The molecular weight excluding hydrogens is 1440 g/mol. The van der Waals surface area contributed by atoms with Crippen molar-refractivity contribution >= 4 is 175 Å². The summed E-state index contributed by atoms with van der Waals surface area (Å²) in [6.45, 7) is 1.90. The number of aliphatic carboxylic acids is 3. The van der Waals surface area contributed by atoms with E-state index in [9.17, 15) is 85.1 Å². The van der Waals surface area contributed by atoms with Gasteiger partial charge in [-0.3, -0.25) is 75.2 Å². The molecule has 0 aliphatic carbocycles. The number of likely N-dealkylation sites (N-methyl/N-ethyl adjacent to an activating group) is 1. The maximum atomic E-state index is 13.4. The number of carboxylic acid groups (broad SMARTS) is 3. The highest BCUT2D eigenvalue weighted by atomic mass is 35.5. The summed E-state index contributed by atoms with van der Waals surface area (Å²) in [5.74, 6) is -0.703. The highest BCUT2D eigenvalue weighted by molar-refractivity contribution is 8.13. The van der Waals surface area contributed by atoms with Gasteiger partial charge in [0.15, 0.2) is 5.12 Å². The van der Waals surface area contributed by atoms with Crippen molar-refractivity contribution in [3.8, 4) is 0 Å². The number of nitrogens with zero attached hydrogens (tertiary/aromatic N) is 1. The van der Waals surface area contributed by atoms with Crippen molar-refractivity contribution < 1.29 is 100 Å². The lowest BCUT2D eigenvalue weighted by atomic mass is 10.1. The Morgan fingerprint density at radius 2 is 1.01 bits per heavy atom. The number of hydrogen-bond acceptors (Lipinski definition) is 19. The zero-order valence-corrected chi connectivity index (χ0v) is 54.6. The molecule has 0 spiro atoms. The fourth-order valence-electron chi connectivity index (χ4n) is 8.55. The largest absolute Gasteiger partial charge is 0.481 e. The molecule has 15 amide bonds. The number of nitrogen functional groups attached to an aromatic ring is 1. The van der Waals surface area contributed by atoms with Gasteiger partial charge in [-0.05, 0) is 79.0 Å². The van der Waals surface area contributed by atoms with Crippen molar-refractivity contribution in [2.45, 2.75) is 130 Å². The second-order valence-electron chi connectivity index (χ2n) is 20.2. The average Bonchev–Trinajstić information content (AvgIpc) is 1.63. The number of nitrogens with two attached hydrogens (primary N) is 2. The van der Waals surface area contributed by atoms with Crippen molar-refractivity contribution in [2.75, 3.05) is 18.2 Å². The lowest BCUT2D eigenvalue weighted by Crippen LogP contribution is -2.31. The van der Waals surface area contributed by atoms with Crippen LogP contribution in [0.1, 0.15) is 91.7 Å². The number of amides is 15. The normalized spacial score (nSPS) is 17.5. The van der Waals surface area contributed by atoms with Crippen LogP contribution < -0.4 is 64.9 Å². The molecule has 0 bridgehead atoms. The minimum Gasteiger partial charge on any atom is -0.481 e. The molecule has 5 aromatic rings. The van der Waals surface area contributed by atoms with Gasteiger partial charge in [-0.25, -0.2) is 37.1 Å². The number of aromatic amines is 2. The van der Waals surface area contributed by atoms with Gasteiger partial charge in [-0.1, -0.05) is 81.8 Å². The Hall–Kier alpha value is -9.79. The number of nitrogens with one attached hydrogen (secondary N) is 12. The summed E-state index contributed by atoms with van der Waals surface area (Å²) < 4.78 is 39.2. The molecule has 33 nitrogen and oxygen atoms in total. The van der Waals surface area contributed by atoms with E-state index in [0.717, 1.165) is 38.8 Å². The van der Waals surface area contributed by atoms with Gasteiger partial charge in [0.1, 0.15) is 75.1 Å². The van der Waals surface area contributed by atoms with Crippen molar-refractivity contribution in [2.24, 2.45) is 11.6 Å². The van der Waals surface area contributed by atoms with Gasteiger partial charge in [0, 0.05) is 68.7 Å². The van der Waals surface area contributed by atoms with E-state index >= 15 is 0 Å². The van der Waals surface area contributed by atoms with Crippen LogP contribution in [0.15, 0.2) is 54.9 Å². The van der Waals surface area contributed by atoms with Crippen LogP contribution in [0.4, 0.5) is 42.8 Å². The second-order valence-corrected chi connectivity index (χ2v) is 22.7. The van der Waals surface area contributed by atoms with Crippen molar-refractivity contribution in [1.82, 2.24) is 62.7 Å². The fraction of sp³-hybridized carbons (Fsp3) is 0.373. The zero-order valence-electron chi connectivity index (χ0n) is 50.7. The van der Waals surface area contributed by atoms with Gasteiger partial charge in [-0.15, -0.1) is 12.4 Å². The summed E-state index contributed by atoms with van der Waals surface area (Å²) >= 11 is 18.4. The molecule has 100 heavy (non-hydrogen) atoms. The summed E-state index contributed by atoms with van der Waals surface area (Å²) in [6.07, 6.45) is 5.85. The number of urea groups is 5. The molecule has 10 rings (SSSR count). The molecule has 19 N–H and O–H groups in total. The summed E-state index contributed by atoms with van der Waals surface area (Å²) in [7, 11) is 1.43. The molecule has 5 fully saturated rings. The van der Waals surface area contributed by atoms with Crippen LogP contribution in [0.3, 0.4) is 0 Å². The molecular formula is C59H76Cl4F3N15O18S. The molecule has 5 saturated heterocycles. The summed E-state index contributed by atoms with van der Waals surface area (Å²) in [5.41, 5.74) is 10.2. The standard InChI is InChI=1S/C13H11ClFN3O2.C12H9ClFN3O2.C8H12N2O3S.C6H6ClFN2.C6H8N2O4.C6H8N2O3.C5H9NO4.3CH4.ClH/c1-18-12(19)9(17-13(18)20)4-6-5-16-11-7(6)2-3-8(15)10(11)14;13-9-7(14)2-1-6-5(4-15-10(6)9)3-8-11(18)17-12(19)16-8;1-2-14-6(11)4-3-5-7(12)10-8(13)9-5;7-6-4(8)2-1-3-5(6)10-9;9-4(10)2-1-3-5(11)8-6(12)7-3;9-3-1-2-4-5(10)8-6(11)7-4;6-3(5(9)10)1-2-4(7)8;;;;/h2-3,5,9,16H,4H2,1H3,(H,17,20);1-2,4,8,15H,3H2,(H2,16,17,18,19);5H,2-4H2,1H3,(H2,9,10,12,13);1-3,10H,9H2;3H,1-2H2,(H,9,10)(H2,7,8,11,12);3-4H,1-2H2,(H2,7,8,10,11);3H,1-2,6H2,(H,7,8)(H,9,10);3*1H4;1H/t9-;8-;5-;;3-;4-;3-;;;;/m111.111..../s1. The molecule has 5 aliphatic rings. The molecule has 0 radical (unpaired) electrons. The summed E-state index contributed by atoms with van der Waals surface area (Å²) in [6, 6.07) is 3.68. The maximum Gasteiger partial charge on any atom is 0.324 e. The lowest BCUT2D eigenvalue weighted by Gasteiger charge is -2.07. The molecule has 7 heterocycles. The summed E-state index contributed by atoms with van der Waals surface area (Å²) in [4.78, 5) is 168. The number of fused-ring (bicyclic) bond motifs is 2. The monoisotopic (exact) mass is 1510 g/mol. The van der Waals surface area contributed by atoms with Crippen molar-refractivity contribution in [3.63, 3.8) is 0 Å². The Balaban J connectivity index is 0.00000116. The molecule has 41 heteroatoms. The first-order valence-corrected chi connectivity index (χ1v) is 30.3. The first kappa shape index (κ1) is 90.2. The maximum absolute atomic E-state index is 13.4. The SMILES string of the molecule is C.C.C.CCSC(=O)CC[C@H]1NC(=O)NC1=O.CN1C(=O)N[C@H](Cc2c[nH]c3c(Cl)c(F)ccc23)C1=O.Cl.NNc1cccc(F)c1Cl.N[C@H](CCC(=O)O)C(=O)O.O=C(O)CC[C@H]1NC(=O)NC1=O.O=C1NC(=O)[C@@H](Cc2c[nH]c3c(Cl)c(F)ccc23)N1.O=CCC[C@H]1NC(=O)NC1=O. The Kier molecular flexibility index (Phi) is 39.3. The predicted octanol–water partition coefficient (Wildman–Crippen LogP) is 5.61. The number of thioether (sulfide) groups is 1. The smallest absolute Gasteiger partial charge is 0.324 e. The molecule has 5 aliphatic heterocycles. The number of halogens is 7. The third-order valence-electron chi connectivity index (χ3n) is 13.4. The van der Waals surface area contributed by atoms with Crippen molar-refractivity contribution in [1.29, 1.82) is 0 Å². The van der Waals surface area contributed by atoms with Crippen LogP contribution in [0, 0.1) is 17.5 Å². The number of hydrazine groups is 1. The molecule has 0 saturated carbocycles. The number of H-pyrrole nitrogens is 2. The lowest BCUT2D eigenvalue weighted by molar-refractivity contribution is -0.140. The van der Waals surface area contributed by atoms with E-state index in [-0.39, 0.29) is 104 Å². The van der Waals surface area contributed by atoms with E-state index in [1.54, 1.807) is 30.6 Å². The Morgan fingerprint density at radius 3 is 1.37 bits per heavy atom. The minimum absolute atomic E-state index is 0.